The van der Waals surface area contributed by atoms with Crippen LogP contribution in [0, 0.1) is 0 Å². The molecule has 5 nitrogen and oxygen atoms in total. The molecule has 1 atom stereocenters. The van der Waals surface area contributed by atoms with E-state index in [4.69, 9.17) is 5.11 Å². The van der Waals surface area contributed by atoms with Gasteiger partial charge in [0.2, 0.25) is 0 Å². The lowest BCUT2D eigenvalue weighted by Gasteiger charge is -2.26. The minimum Gasteiger partial charge on any atom is -0.394 e. The fourth-order valence-electron chi connectivity index (χ4n) is 2.41. The Morgan fingerprint density at radius 2 is 2.29 bits per heavy atom. The van der Waals surface area contributed by atoms with Crippen LogP contribution in [-0.2, 0) is 17.8 Å². The molecule has 9 heteroatoms. The van der Waals surface area contributed by atoms with Gasteiger partial charge in [-0.05, 0) is 19.3 Å². The van der Waals surface area contributed by atoms with E-state index in [1.165, 1.54) is 10.9 Å². The molecule has 1 amide bonds. The molecule has 2 N–H and O–H groups in total. The van der Waals surface area contributed by atoms with Crippen LogP contribution in [0.4, 0.5) is 17.6 Å². The van der Waals surface area contributed by atoms with Gasteiger partial charge in [0, 0.05) is 11.3 Å². The van der Waals surface area contributed by atoms with Crippen molar-refractivity contribution in [3.05, 3.63) is 17.5 Å². The van der Waals surface area contributed by atoms with E-state index in [1.54, 1.807) is 0 Å². The van der Waals surface area contributed by atoms with Gasteiger partial charge in [0.15, 0.2) is 0 Å². The molecule has 21 heavy (non-hydrogen) atoms. The Kier molecular flexibility index (Phi) is 4.50. The fourth-order valence-corrected chi connectivity index (χ4v) is 2.41. The highest BCUT2D eigenvalue weighted by Gasteiger charge is 2.49. The molecule has 1 aliphatic rings. The van der Waals surface area contributed by atoms with Gasteiger partial charge in [-0.1, -0.05) is 0 Å². The first-order valence-electron chi connectivity index (χ1n) is 6.50. The Morgan fingerprint density at radius 1 is 1.57 bits per heavy atom. The van der Waals surface area contributed by atoms with E-state index in [0.29, 0.717) is 24.8 Å². The number of fused-ring (bicyclic) bond motifs is 1. The molecule has 1 aromatic rings. The van der Waals surface area contributed by atoms with E-state index >= 15 is 0 Å². The lowest BCUT2D eigenvalue weighted by molar-refractivity contribution is -0.170. The summed E-state index contributed by atoms with van der Waals surface area (Å²) < 4.78 is 51.8. The van der Waals surface area contributed by atoms with Gasteiger partial charge in [0.1, 0.15) is 0 Å². The maximum Gasteiger partial charge on any atom is 0.383 e. The average Bonchev–Trinajstić information content (AvgIpc) is 2.83. The molecule has 0 radical (unpaired) electrons. The Hall–Kier alpha value is -1.64. The first-order chi connectivity index (χ1) is 9.87. The molecule has 0 saturated carbocycles. The molecule has 118 valence electrons. The number of rotatable bonds is 5. The van der Waals surface area contributed by atoms with Crippen LogP contribution >= 0.6 is 0 Å². The summed E-state index contributed by atoms with van der Waals surface area (Å²) in [6, 6.07) is -0.765. The second kappa shape index (κ2) is 6.00. The fraction of sp³-hybridized carbons (Fsp3) is 0.667. The van der Waals surface area contributed by atoms with Crippen molar-refractivity contribution in [3.8, 4) is 0 Å². The summed E-state index contributed by atoms with van der Waals surface area (Å²) in [6.07, 6.45) is -1.02. The highest BCUT2D eigenvalue weighted by Crippen LogP contribution is 2.31. The predicted molar refractivity (Wildman–Crippen MR) is 64.1 cm³/mol. The van der Waals surface area contributed by atoms with Gasteiger partial charge in [0.05, 0.1) is 25.4 Å². The minimum atomic E-state index is -4.71. The SMILES string of the molecule is O=C(NC1CCCc2c1cnn2CCO)C(F)(F)C(F)F. The van der Waals surface area contributed by atoms with E-state index in [-0.39, 0.29) is 13.2 Å². The van der Waals surface area contributed by atoms with Crippen LogP contribution in [0.1, 0.15) is 30.1 Å². The maximum absolute atomic E-state index is 13.0. The van der Waals surface area contributed by atoms with Gasteiger partial charge in [-0.3, -0.25) is 9.48 Å². The number of hydrogen-bond acceptors (Lipinski definition) is 3. The Morgan fingerprint density at radius 3 is 2.90 bits per heavy atom. The number of aliphatic hydroxyl groups is 1. The standard InChI is InChI=1S/C12H15F4N3O2/c13-10(14)12(15,16)11(21)18-8-2-1-3-9-7(8)6-17-19(9)4-5-20/h6,8,10,20H,1-5H2,(H,18,21). The third-order valence-electron chi connectivity index (χ3n) is 3.46. The van der Waals surface area contributed by atoms with Gasteiger partial charge in [-0.25, -0.2) is 8.78 Å². The summed E-state index contributed by atoms with van der Waals surface area (Å²) in [6.45, 7) is 0.123. The molecule has 0 aliphatic heterocycles. The smallest absolute Gasteiger partial charge is 0.383 e. The van der Waals surface area contributed by atoms with Gasteiger partial charge in [-0.15, -0.1) is 0 Å². The summed E-state index contributed by atoms with van der Waals surface area (Å²) >= 11 is 0. The van der Waals surface area contributed by atoms with E-state index in [1.807, 2.05) is 5.32 Å². The molecule has 1 aliphatic carbocycles. The second-order valence-corrected chi connectivity index (χ2v) is 4.84. The van der Waals surface area contributed by atoms with Crippen molar-refractivity contribution in [2.75, 3.05) is 6.61 Å². The summed E-state index contributed by atoms with van der Waals surface area (Å²) in [5, 5.41) is 14.9. The zero-order chi connectivity index (χ0) is 15.6. The highest BCUT2D eigenvalue weighted by atomic mass is 19.3. The normalized spacial score (nSPS) is 18.7. The third-order valence-corrected chi connectivity index (χ3v) is 3.46. The number of hydrogen-bond donors (Lipinski definition) is 2. The number of carbonyl (C=O) groups excluding carboxylic acids is 1. The topological polar surface area (TPSA) is 67.2 Å². The van der Waals surface area contributed by atoms with Crippen LogP contribution < -0.4 is 5.32 Å². The summed E-state index contributed by atoms with van der Waals surface area (Å²) in [4.78, 5) is 11.3. The molecule has 0 fully saturated rings. The molecule has 1 heterocycles. The summed E-state index contributed by atoms with van der Waals surface area (Å²) in [5.41, 5.74) is 1.26. The zero-order valence-electron chi connectivity index (χ0n) is 11.0. The molecular weight excluding hydrogens is 294 g/mol. The van der Waals surface area contributed by atoms with Crippen molar-refractivity contribution in [1.29, 1.82) is 0 Å². The monoisotopic (exact) mass is 309 g/mol. The summed E-state index contributed by atoms with van der Waals surface area (Å²) in [5.74, 6) is -6.69. The highest BCUT2D eigenvalue weighted by molar-refractivity contribution is 5.84. The van der Waals surface area contributed by atoms with Crippen molar-refractivity contribution in [1.82, 2.24) is 15.1 Å². The average molecular weight is 309 g/mol. The zero-order valence-corrected chi connectivity index (χ0v) is 11.0. The van der Waals surface area contributed by atoms with Crippen LogP contribution in [0.15, 0.2) is 6.20 Å². The second-order valence-electron chi connectivity index (χ2n) is 4.84. The van der Waals surface area contributed by atoms with Crippen molar-refractivity contribution in [2.24, 2.45) is 0 Å². The van der Waals surface area contributed by atoms with Gasteiger partial charge < -0.3 is 10.4 Å². The number of amides is 1. The number of halogens is 4. The molecule has 0 bridgehead atoms. The first kappa shape index (κ1) is 15.7. The van der Waals surface area contributed by atoms with Crippen molar-refractivity contribution >= 4 is 5.91 Å². The van der Waals surface area contributed by atoms with Crippen LogP contribution in [0.25, 0.3) is 0 Å². The molecule has 0 aromatic carbocycles. The van der Waals surface area contributed by atoms with Crippen molar-refractivity contribution < 1.29 is 27.5 Å². The third kappa shape index (κ3) is 3.02. The number of carbonyl (C=O) groups is 1. The van der Waals surface area contributed by atoms with Crippen LogP contribution in [0.5, 0.6) is 0 Å². The van der Waals surface area contributed by atoms with Crippen molar-refractivity contribution in [2.45, 2.75) is 44.2 Å². The Labute approximate surface area is 117 Å². The van der Waals surface area contributed by atoms with Crippen molar-refractivity contribution in [3.63, 3.8) is 0 Å². The maximum atomic E-state index is 13.0. The molecular formula is C12H15F4N3O2. The molecule has 1 unspecified atom stereocenters. The lowest BCUT2D eigenvalue weighted by Crippen LogP contribution is -2.46. The molecule has 0 saturated heterocycles. The molecule has 2 rings (SSSR count). The predicted octanol–water partition coefficient (Wildman–Crippen LogP) is 1.27. The number of aliphatic hydroxyl groups excluding tert-OH is 1. The molecule has 1 aromatic heterocycles. The minimum absolute atomic E-state index is 0.130. The number of nitrogens with zero attached hydrogens (tertiary/aromatic N) is 2. The van der Waals surface area contributed by atoms with E-state index in [9.17, 15) is 22.4 Å². The first-order valence-corrected chi connectivity index (χ1v) is 6.50. The lowest BCUT2D eigenvalue weighted by atomic mass is 9.92. The molecule has 0 spiro atoms. The Balaban J connectivity index is 2.16. The van der Waals surface area contributed by atoms with Crippen LogP contribution in [-0.4, -0.2) is 39.7 Å². The van der Waals surface area contributed by atoms with Crippen LogP contribution in [0.2, 0.25) is 0 Å². The van der Waals surface area contributed by atoms with Gasteiger partial charge in [0.25, 0.3) is 5.91 Å². The van der Waals surface area contributed by atoms with Crippen LogP contribution in [0.3, 0.4) is 0 Å². The van der Waals surface area contributed by atoms with Gasteiger partial charge >= 0.3 is 12.3 Å². The quantitative estimate of drug-likeness (QED) is 0.805. The number of nitrogens with one attached hydrogen (secondary N) is 1. The van der Waals surface area contributed by atoms with Gasteiger partial charge in [-0.2, -0.15) is 13.9 Å². The Bertz CT molecular complexity index is 519. The largest absolute Gasteiger partial charge is 0.394 e. The van der Waals surface area contributed by atoms with E-state index in [2.05, 4.69) is 5.10 Å². The summed E-state index contributed by atoms with van der Waals surface area (Å²) in [7, 11) is 0. The number of aromatic nitrogens is 2. The van der Waals surface area contributed by atoms with E-state index < -0.39 is 24.3 Å². The number of alkyl halides is 4. The van der Waals surface area contributed by atoms with E-state index in [0.717, 1.165) is 5.69 Å².